The SMILES string of the molecule is Cc1c(F)cc(C(=O)NCC(F)(F)F)cc1NC(=O)CC(C)(C)C. The molecule has 0 heterocycles. The number of carbonyl (C=O) groups is 2. The first kappa shape index (κ1) is 19.9. The summed E-state index contributed by atoms with van der Waals surface area (Å²) >= 11 is 0. The fourth-order valence-electron chi connectivity index (χ4n) is 1.90. The van der Waals surface area contributed by atoms with Crippen molar-refractivity contribution in [2.24, 2.45) is 5.41 Å². The van der Waals surface area contributed by atoms with Gasteiger partial charge in [-0.25, -0.2) is 4.39 Å². The zero-order chi connectivity index (χ0) is 18.7. The largest absolute Gasteiger partial charge is 0.405 e. The van der Waals surface area contributed by atoms with Crippen molar-refractivity contribution < 1.29 is 27.2 Å². The third-order valence-electron chi connectivity index (χ3n) is 3.02. The Labute approximate surface area is 137 Å². The monoisotopic (exact) mass is 348 g/mol. The number of benzene rings is 1. The van der Waals surface area contributed by atoms with Gasteiger partial charge in [-0.15, -0.1) is 0 Å². The van der Waals surface area contributed by atoms with Gasteiger partial charge in [-0.3, -0.25) is 9.59 Å². The van der Waals surface area contributed by atoms with Crippen molar-refractivity contribution in [2.75, 3.05) is 11.9 Å². The second-order valence-corrected chi connectivity index (χ2v) is 6.71. The molecule has 2 amide bonds. The van der Waals surface area contributed by atoms with Crippen LogP contribution in [0.25, 0.3) is 0 Å². The van der Waals surface area contributed by atoms with Gasteiger partial charge in [0.15, 0.2) is 0 Å². The molecule has 1 aromatic rings. The van der Waals surface area contributed by atoms with Gasteiger partial charge in [-0.05, 0) is 24.5 Å². The molecule has 0 aliphatic heterocycles. The molecule has 0 spiro atoms. The van der Waals surface area contributed by atoms with Crippen LogP contribution in [0.4, 0.5) is 23.2 Å². The molecule has 0 unspecified atom stereocenters. The summed E-state index contributed by atoms with van der Waals surface area (Å²) < 4.78 is 50.3. The van der Waals surface area contributed by atoms with E-state index in [2.05, 4.69) is 5.32 Å². The van der Waals surface area contributed by atoms with Crippen molar-refractivity contribution in [3.63, 3.8) is 0 Å². The predicted octanol–water partition coefficient (Wildman–Crippen LogP) is 3.80. The lowest BCUT2D eigenvalue weighted by Gasteiger charge is -2.18. The van der Waals surface area contributed by atoms with Crippen molar-refractivity contribution >= 4 is 17.5 Å². The Balaban J connectivity index is 2.97. The molecule has 8 heteroatoms. The molecule has 2 N–H and O–H groups in total. The number of carbonyl (C=O) groups excluding carboxylic acids is 2. The number of rotatable bonds is 4. The number of amides is 2. The Morgan fingerprint density at radius 3 is 2.21 bits per heavy atom. The molecular formula is C16H20F4N2O2. The molecule has 0 aromatic heterocycles. The van der Waals surface area contributed by atoms with E-state index < -0.39 is 24.4 Å². The predicted molar refractivity (Wildman–Crippen MR) is 82.2 cm³/mol. The summed E-state index contributed by atoms with van der Waals surface area (Å²) in [5, 5.41) is 4.16. The lowest BCUT2D eigenvalue weighted by atomic mass is 9.92. The maximum Gasteiger partial charge on any atom is 0.405 e. The van der Waals surface area contributed by atoms with Gasteiger partial charge in [-0.1, -0.05) is 20.8 Å². The molecule has 1 rings (SSSR count). The van der Waals surface area contributed by atoms with Crippen molar-refractivity contribution in [1.29, 1.82) is 0 Å². The van der Waals surface area contributed by atoms with Gasteiger partial charge in [0.2, 0.25) is 5.91 Å². The van der Waals surface area contributed by atoms with Crippen LogP contribution in [0.1, 0.15) is 43.1 Å². The Kier molecular flexibility index (Phi) is 5.97. The molecular weight excluding hydrogens is 328 g/mol. The van der Waals surface area contributed by atoms with E-state index in [9.17, 15) is 27.2 Å². The van der Waals surface area contributed by atoms with E-state index >= 15 is 0 Å². The van der Waals surface area contributed by atoms with Crippen LogP contribution in [-0.2, 0) is 4.79 Å². The summed E-state index contributed by atoms with van der Waals surface area (Å²) in [5.41, 5.74) is -0.433. The number of halogens is 4. The van der Waals surface area contributed by atoms with Crippen LogP contribution < -0.4 is 10.6 Å². The Hall–Kier alpha value is -2.12. The lowest BCUT2D eigenvalue weighted by Crippen LogP contribution is -2.33. The van der Waals surface area contributed by atoms with E-state index in [1.807, 2.05) is 20.8 Å². The van der Waals surface area contributed by atoms with Gasteiger partial charge < -0.3 is 10.6 Å². The minimum absolute atomic E-state index is 0.0569. The van der Waals surface area contributed by atoms with E-state index in [4.69, 9.17) is 0 Å². The van der Waals surface area contributed by atoms with Crippen LogP contribution in [0.2, 0.25) is 0 Å². The highest BCUT2D eigenvalue weighted by Crippen LogP contribution is 2.24. The summed E-state index contributed by atoms with van der Waals surface area (Å²) in [5.74, 6) is -2.24. The van der Waals surface area contributed by atoms with E-state index in [1.165, 1.54) is 6.92 Å². The Morgan fingerprint density at radius 2 is 1.71 bits per heavy atom. The first-order chi connectivity index (χ1) is 10.8. The third kappa shape index (κ3) is 6.55. The fourth-order valence-corrected chi connectivity index (χ4v) is 1.90. The molecule has 0 aliphatic rings. The number of nitrogens with one attached hydrogen (secondary N) is 2. The Morgan fingerprint density at radius 1 is 1.12 bits per heavy atom. The van der Waals surface area contributed by atoms with Crippen LogP contribution in [-0.4, -0.2) is 24.5 Å². The van der Waals surface area contributed by atoms with Gasteiger partial charge >= 0.3 is 6.18 Å². The average molecular weight is 348 g/mol. The number of alkyl halides is 3. The van der Waals surface area contributed by atoms with Crippen LogP contribution in [0, 0.1) is 18.2 Å². The molecule has 134 valence electrons. The minimum atomic E-state index is -4.57. The second kappa shape index (κ2) is 7.19. The molecule has 0 aliphatic carbocycles. The average Bonchev–Trinajstić information content (AvgIpc) is 2.38. The first-order valence-corrected chi connectivity index (χ1v) is 7.23. The maximum absolute atomic E-state index is 13.9. The first-order valence-electron chi connectivity index (χ1n) is 7.23. The van der Waals surface area contributed by atoms with Gasteiger partial charge in [0.25, 0.3) is 5.91 Å². The summed E-state index contributed by atoms with van der Waals surface area (Å²) in [6.45, 7) is 5.43. The molecule has 0 radical (unpaired) electrons. The summed E-state index contributed by atoms with van der Waals surface area (Å²) in [6, 6.07) is 1.99. The molecule has 0 saturated carbocycles. The van der Waals surface area contributed by atoms with E-state index in [0.717, 1.165) is 12.1 Å². The van der Waals surface area contributed by atoms with Crippen molar-refractivity contribution in [1.82, 2.24) is 5.32 Å². The maximum atomic E-state index is 13.9. The molecule has 0 fully saturated rings. The van der Waals surface area contributed by atoms with Gasteiger partial charge in [0.1, 0.15) is 12.4 Å². The summed E-state index contributed by atoms with van der Waals surface area (Å²) in [6.07, 6.45) is -4.40. The Bertz CT molecular complexity index is 634. The van der Waals surface area contributed by atoms with Crippen LogP contribution in [0.3, 0.4) is 0 Å². The topological polar surface area (TPSA) is 58.2 Å². The van der Waals surface area contributed by atoms with Gasteiger partial charge in [-0.2, -0.15) is 13.2 Å². The molecule has 0 saturated heterocycles. The normalized spacial score (nSPS) is 12.0. The van der Waals surface area contributed by atoms with Crippen LogP contribution in [0.5, 0.6) is 0 Å². The number of anilines is 1. The standard InChI is InChI=1S/C16H20F4N2O2/c1-9-11(17)5-10(14(24)21-8-16(18,19)20)6-12(9)22-13(23)7-15(2,3)4/h5-6H,7-8H2,1-4H3,(H,21,24)(H,22,23). The molecule has 24 heavy (non-hydrogen) atoms. The number of hydrogen-bond donors (Lipinski definition) is 2. The van der Waals surface area contributed by atoms with E-state index in [-0.39, 0.29) is 34.6 Å². The highest BCUT2D eigenvalue weighted by molar-refractivity contribution is 5.98. The van der Waals surface area contributed by atoms with Gasteiger partial charge in [0, 0.05) is 23.2 Å². The zero-order valence-corrected chi connectivity index (χ0v) is 13.9. The van der Waals surface area contributed by atoms with Gasteiger partial charge in [0.05, 0.1) is 0 Å². The van der Waals surface area contributed by atoms with E-state index in [1.54, 1.807) is 5.32 Å². The quantitative estimate of drug-likeness (QED) is 0.813. The lowest BCUT2D eigenvalue weighted by molar-refractivity contribution is -0.123. The van der Waals surface area contributed by atoms with E-state index in [0.29, 0.717) is 0 Å². The van der Waals surface area contributed by atoms with Crippen molar-refractivity contribution in [3.8, 4) is 0 Å². The fraction of sp³-hybridized carbons (Fsp3) is 0.500. The zero-order valence-electron chi connectivity index (χ0n) is 13.9. The smallest absolute Gasteiger partial charge is 0.343 e. The third-order valence-corrected chi connectivity index (χ3v) is 3.02. The molecule has 4 nitrogen and oxygen atoms in total. The molecule has 1 aromatic carbocycles. The summed E-state index contributed by atoms with van der Waals surface area (Å²) in [7, 11) is 0. The van der Waals surface area contributed by atoms with Crippen molar-refractivity contribution in [3.05, 3.63) is 29.1 Å². The van der Waals surface area contributed by atoms with Crippen LogP contribution in [0.15, 0.2) is 12.1 Å². The minimum Gasteiger partial charge on any atom is -0.343 e. The summed E-state index contributed by atoms with van der Waals surface area (Å²) in [4.78, 5) is 23.7. The number of hydrogen-bond acceptors (Lipinski definition) is 2. The van der Waals surface area contributed by atoms with Crippen LogP contribution >= 0.6 is 0 Å². The highest BCUT2D eigenvalue weighted by atomic mass is 19.4. The molecule has 0 atom stereocenters. The highest BCUT2D eigenvalue weighted by Gasteiger charge is 2.28. The second-order valence-electron chi connectivity index (χ2n) is 6.71. The molecule has 0 bridgehead atoms. The van der Waals surface area contributed by atoms with Crippen molar-refractivity contribution in [2.45, 2.75) is 40.3 Å².